The third-order valence-corrected chi connectivity index (χ3v) is 9.40. The summed E-state index contributed by atoms with van der Waals surface area (Å²) < 4.78 is 12.8. The van der Waals surface area contributed by atoms with Gasteiger partial charge in [0.05, 0.1) is 0 Å². The predicted molar refractivity (Wildman–Crippen MR) is 193 cm³/mol. The molecule has 9 rings (SSSR count). The van der Waals surface area contributed by atoms with E-state index in [0.717, 1.165) is 33.4 Å². The summed E-state index contributed by atoms with van der Waals surface area (Å²) in [5, 5.41) is 1.42. The van der Waals surface area contributed by atoms with Gasteiger partial charge < -0.3 is 9.47 Å². The van der Waals surface area contributed by atoms with Gasteiger partial charge in [-0.2, -0.15) is 0 Å². The van der Waals surface area contributed by atoms with Crippen LogP contribution < -0.4 is 20.2 Å². The van der Waals surface area contributed by atoms with Gasteiger partial charge in [-0.25, -0.2) is 9.98 Å². The van der Waals surface area contributed by atoms with Gasteiger partial charge in [0.25, 0.3) is 0 Å². The summed E-state index contributed by atoms with van der Waals surface area (Å²) in [5.41, 5.74) is 10.1. The van der Waals surface area contributed by atoms with E-state index >= 15 is 0 Å². The van der Waals surface area contributed by atoms with Crippen LogP contribution in [-0.2, 0) is 0 Å². The molecule has 0 bridgehead atoms. The molecule has 0 amide bonds. The van der Waals surface area contributed by atoms with Crippen LogP contribution >= 0.6 is 23.2 Å². The zero-order valence-corrected chi connectivity index (χ0v) is 26.8. The van der Waals surface area contributed by atoms with E-state index in [-0.39, 0.29) is 0 Å². The monoisotopic (exact) mass is 658 g/mol. The quantitative estimate of drug-likeness (QED) is 0.189. The molecule has 4 nitrogen and oxygen atoms in total. The Morgan fingerprint density at radius 3 is 1.04 bits per heavy atom. The summed E-state index contributed by atoms with van der Waals surface area (Å²) in [6.07, 6.45) is 0. The first-order valence-electron chi connectivity index (χ1n) is 15.5. The van der Waals surface area contributed by atoms with E-state index in [0.29, 0.717) is 55.1 Å². The molecular formula is C42H24Cl2N2O2. The van der Waals surface area contributed by atoms with E-state index in [1.165, 1.54) is 11.1 Å². The summed E-state index contributed by atoms with van der Waals surface area (Å²) in [5.74, 6) is 1.89. The fourth-order valence-corrected chi connectivity index (χ4v) is 6.69. The van der Waals surface area contributed by atoms with Crippen LogP contribution in [0.25, 0.3) is 44.5 Å². The Morgan fingerprint density at radius 2 is 0.667 bits per heavy atom. The first kappa shape index (κ1) is 28.5. The predicted octanol–water partition coefficient (Wildman–Crippen LogP) is 11.8. The number of hydrogen-bond acceptors (Lipinski definition) is 4. The van der Waals surface area contributed by atoms with Gasteiger partial charge in [0.2, 0.25) is 0 Å². The Balaban J connectivity index is 1.04. The summed E-state index contributed by atoms with van der Waals surface area (Å²) >= 11 is 13.9. The molecule has 2 heterocycles. The molecule has 48 heavy (non-hydrogen) atoms. The molecule has 0 N–H and O–H groups in total. The number of nitrogens with zero attached hydrogens (tertiary/aromatic N) is 2. The minimum atomic E-state index is 0.294. The number of benzene rings is 7. The van der Waals surface area contributed by atoms with Gasteiger partial charge in [-0.15, -0.1) is 0 Å². The van der Waals surface area contributed by atoms with Crippen LogP contribution in [0.1, 0.15) is 0 Å². The second-order valence-corrected chi connectivity index (χ2v) is 12.4. The van der Waals surface area contributed by atoms with E-state index in [1.807, 2.05) is 72.8 Å². The maximum atomic E-state index is 6.96. The average Bonchev–Trinajstić information content (AvgIpc) is 3.16. The molecule has 2 aliphatic rings. The highest BCUT2D eigenvalue weighted by Crippen LogP contribution is 2.44. The second kappa shape index (κ2) is 11.5. The Bertz CT molecular complexity index is 2320. The summed E-state index contributed by atoms with van der Waals surface area (Å²) in [6.45, 7) is 0. The minimum Gasteiger partial charge on any atom is -0.451 e. The van der Waals surface area contributed by atoms with E-state index in [2.05, 4.69) is 72.8 Å². The number of fused-ring (bicyclic) bond motifs is 4. The SMILES string of the molecule is Clc1c2c(c(Cl)c3c1=Nc1ccc(-c4ccc(-c5ccccc5)cc4)cc1O3)=Nc1ccc(-c3ccc(-c4ccccc4)cc3)cc1O2. The van der Waals surface area contributed by atoms with Crippen molar-refractivity contribution in [1.29, 1.82) is 0 Å². The lowest BCUT2D eigenvalue weighted by Gasteiger charge is -2.21. The van der Waals surface area contributed by atoms with Gasteiger partial charge in [-0.1, -0.05) is 145 Å². The first-order valence-corrected chi connectivity index (χ1v) is 16.3. The molecule has 7 aromatic carbocycles. The van der Waals surface area contributed by atoms with Crippen LogP contribution in [0, 0.1) is 0 Å². The van der Waals surface area contributed by atoms with Gasteiger partial charge in [-0.3, -0.25) is 0 Å². The van der Waals surface area contributed by atoms with E-state index in [4.69, 9.17) is 42.7 Å². The van der Waals surface area contributed by atoms with Crippen LogP contribution in [-0.4, -0.2) is 0 Å². The third-order valence-electron chi connectivity index (χ3n) is 8.70. The maximum Gasteiger partial charge on any atom is 0.175 e. The van der Waals surface area contributed by atoms with Gasteiger partial charge in [-0.05, 0) is 68.8 Å². The number of ether oxygens (including phenoxy) is 2. The Morgan fingerprint density at radius 1 is 0.354 bits per heavy atom. The average molecular weight is 660 g/mol. The zero-order valence-electron chi connectivity index (χ0n) is 25.3. The lowest BCUT2D eigenvalue weighted by Crippen LogP contribution is -2.22. The topological polar surface area (TPSA) is 43.2 Å². The van der Waals surface area contributed by atoms with Crippen molar-refractivity contribution < 1.29 is 9.47 Å². The van der Waals surface area contributed by atoms with Crippen molar-refractivity contribution in [2.24, 2.45) is 9.98 Å². The molecule has 0 radical (unpaired) electrons. The smallest absolute Gasteiger partial charge is 0.175 e. The number of hydrogen-bond donors (Lipinski definition) is 0. The molecule has 0 unspecified atom stereocenters. The van der Waals surface area contributed by atoms with Crippen LogP contribution in [0.4, 0.5) is 11.4 Å². The molecular weight excluding hydrogens is 635 g/mol. The van der Waals surface area contributed by atoms with E-state index in [1.54, 1.807) is 0 Å². The molecule has 7 aromatic rings. The van der Waals surface area contributed by atoms with Gasteiger partial charge in [0, 0.05) is 0 Å². The van der Waals surface area contributed by atoms with Gasteiger partial charge in [0.15, 0.2) is 23.0 Å². The molecule has 0 saturated carbocycles. The lowest BCUT2D eigenvalue weighted by molar-refractivity contribution is 0.451. The molecule has 0 saturated heterocycles. The van der Waals surface area contributed by atoms with Crippen LogP contribution in [0.3, 0.4) is 0 Å². The van der Waals surface area contributed by atoms with Crippen molar-refractivity contribution in [2.45, 2.75) is 0 Å². The fourth-order valence-electron chi connectivity index (χ4n) is 6.18. The molecule has 0 aromatic heterocycles. The molecule has 0 spiro atoms. The van der Waals surface area contributed by atoms with Crippen molar-refractivity contribution in [2.75, 3.05) is 0 Å². The van der Waals surface area contributed by atoms with Crippen molar-refractivity contribution >= 4 is 34.6 Å². The standard InChI is InChI=1S/C42H24Cl2N2O2/c43-37-40-42(48-36-24-32(20-22-34(36)46-40)30-17-13-28(14-18-30)26-9-5-2-6-10-26)38(44)39-41(37)47-35-23-31(19-21-33(35)45-39)29-15-11-27(12-16-29)25-7-3-1-4-8-25/h1-24H. The second-order valence-electron chi connectivity index (χ2n) is 11.7. The van der Waals surface area contributed by atoms with Gasteiger partial charge in [0.1, 0.15) is 32.1 Å². The molecule has 0 atom stereocenters. The maximum absolute atomic E-state index is 6.96. The van der Waals surface area contributed by atoms with Crippen LogP contribution in [0.2, 0.25) is 10.0 Å². The Hall–Kier alpha value is -5.68. The Kier molecular flexibility index (Phi) is 6.86. The largest absolute Gasteiger partial charge is 0.451 e. The van der Waals surface area contributed by atoms with Crippen molar-refractivity contribution in [3.05, 3.63) is 166 Å². The summed E-state index contributed by atoms with van der Waals surface area (Å²) in [4.78, 5) is 9.71. The number of halogens is 2. The Labute approximate surface area is 286 Å². The molecule has 0 aliphatic carbocycles. The van der Waals surface area contributed by atoms with Crippen molar-refractivity contribution in [3.63, 3.8) is 0 Å². The van der Waals surface area contributed by atoms with Crippen LogP contribution in [0.5, 0.6) is 23.0 Å². The highest BCUT2D eigenvalue weighted by Gasteiger charge is 2.27. The van der Waals surface area contributed by atoms with Gasteiger partial charge >= 0.3 is 0 Å². The molecule has 2 aliphatic heterocycles. The normalized spacial score (nSPS) is 12.2. The third kappa shape index (κ3) is 4.94. The highest BCUT2D eigenvalue weighted by atomic mass is 35.5. The molecule has 6 heteroatoms. The van der Waals surface area contributed by atoms with E-state index in [9.17, 15) is 0 Å². The van der Waals surface area contributed by atoms with E-state index < -0.39 is 0 Å². The zero-order chi connectivity index (χ0) is 32.2. The first-order chi connectivity index (χ1) is 23.6. The fraction of sp³-hybridized carbons (Fsp3) is 0. The van der Waals surface area contributed by atoms with Crippen molar-refractivity contribution in [1.82, 2.24) is 0 Å². The van der Waals surface area contributed by atoms with Crippen molar-refractivity contribution in [3.8, 4) is 67.5 Å². The minimum absolute atomic E-state index is 0.294. The summed E-state index contributed by atoms with van der Waals surface area (Å²) in [6, 6.07) is 49.4. The number of rotatable bonds is 4. The molecule has 0 fully saturated rings. The lowest BCUT2D eigenvalue weighted by atomic mass is 10.00. The summed E-state index contributed by atoms with van der Waals surface area (Å²) in [7, 11) is 0. The molecule has 228 valence electrons. The van der Waals surface area contributed by atoms with Crippen LogP contribution in [0.15, 0.2) is 156 Å². The highest BCUT2D eigenvalue weighted by molar-refractivity contribution is 6.35.